The number of carbonyl (C=O) groups excluding carboxylic acids is 2. The quantitative estimate of drug-likeness (QED) is 0.596. The molecule has 1 aromatic carbocycles. The van der Waals surface area contributed by atoms with Gasteiger partial charge in [-0.05, 0) is 35.8 Å². The van der Waals surface area contributed by atoms with Crippen molar-refractivity contribution in [1.82, 2.24) is 0 Å². The minimum absolute atomic E-state index is 0.0194. The molecule has 2 atom stereocenters. The van der Waals surface area contributed by atoms with Crippen molar-refractivity contribution in [2.45, 2.75) is 19.3 Å². The van der Waals surface area contributed by atoms with Gasteiger partial charge in [0.2, 0.25) is 0 Å². The van der Waals surface area contributed by atoms with Crippen LogP contribution in [-0.2, 0) is 14.3 Å². The second-order valence-electron chi connectivity index (χ2n) is 5.38. The number of benzene rings is 1. The average Bonchev–Trinajstić information content (AvgIpc) is 2.55. The maximum atomic E-state index is 12.6. The number of nitrogens with zero attached hydrogens (tertiary/aromatic N) is 1. The van der Waals surface area contributed by atoms with Crippen molar-refractivity contribution < 1.29 is 14.3 Å². The summed E-state index contributed by atoms with van der Waals surface area (Å²) in [4.78, 5) is 23.8. The molecular formula is C18H16BrNO3. The van der Waals surface area contributed by atoms with E-state index in [0.717, 1.165) is 10.0 Å². The summed E-state index contributed by atoms with van der Waals surface area (Å²) in [5, 5.41) is 9.81. The minimum atomic E-state index is -1.48. The third-order valence-electron chi connectivity index (χ3n) is 3.91. The maximum absolute atomic E-state index is 12.6. The second kappa shape index (κ2) is 6.93. The molecule has 0 spiro atoms. The number of esters is 1. The minimum Gasteiger partial charge on any atom is -0.465 e. The molecule has 0 N–H and O–H groups in total. The highest BCUT2D eigenvalue weighted by Crippen LogP contribution is 2.49. The first-order chi connectivity index (χ1) is 11.0. The van der Waals surface area contributed by atoms with Crippen molar-refractivity contribution in [2.75, 3.05) is 6.61 Å². The number of halogens is 1. The van der Waals surface area contributed by atoms with Crippen LogP contribution in [0.15, 0.2) is 52.5 Å². The Hall–Kier alpha value is -2.19. The highest BCUT2D eigenvalue weighted by molar-refractivity contribution is 9.10. The van der Waals surface area contributed by atoms with Crippen LogP contribution in [0.2, 0.25) is 0 Å². The van der Waals surface area contributed by atoms with E-state index < -0.39 is 17.3 Å². The molecule has 0 aromatic heterocycles. The molecule has 0 unspecified atom stereocenters. The summed E-state index contributed by atoms with van der Waals surface area (Å²) in [6.07, 6.45) is 2.33. The van der Waals surface area contributed by atoms with Crippen molar-refractivity contribution >= 4 is 28.2 Å². The van der Waals surface area contributed by atoms with E-state index in [2.05, 4.69) is 28.6 Å². The summed E-state index contributed by atoms with van der Waals surface area (Å²) >= 11 is 3.37. The van der Waals surface area contributed by atoms with Gasteiger partial charge in [-0.1, -0.05) is 40.7 Å². The van der Waals surface area contributed by atoms with Crippen molar-refractivity contribution in [3.05, 3.63) is 58.1 Å². The van der Waals surface area contributed by atoms with Gasteiger partial charge < -0.3 is 4.74 Å². The first-order valence-electron chi connectivity index (χ1n) is 7.17. The SMILES string of the molecule is C=C1C=C(C=O)C[C@@](C#N)(C(=O)OCC)[C@H]1c1ccc(Br)cc1. The molecule has 1 aliphatic carbocycles. The van der Waals surface area contributed by atoms with Gasteiger partial charge in [-0.15, -0.1) is 0 Å². The van der Waals surface area contributed by atoms with Crippen molar-refractivity contribution in [1.29, 1.82) is 5.26 Å². The molecule has 0 fully saturated rings. The molecule has 5 heteroatoms. The number of hydrogen-bond donors (Lipinski definition) is 0. The molecule has 23 heavy (non-hydrogen) atoms. The molecule has 2 rings (SSSR count). The molecule has 1 aliphatic rings. The summed E-state index contributed by atoms with van der Waals surface area (Å²) in [7, 11) is 0. The van der Waals surface area contributed by atoms with E-state index in [1.807, 2.05) is 24.3 Å². The highest BCUT2D eigenvalue weighted by Gasteiger charge is 2.51. The van der Waals surface area contributed by atoms with Gasteiger partial charge >= 0.3 is 5.97 Å². The van der Waals surface area contributed by atoms with Gasteiger partial charge in [0.05, 0.1) is 12.7 Å². The molecule has 4 nitrogen and oxygen atoms in total. The Morgan fingerprint density at radius 3 is 2.70 bits per heavy atom. The Kier molecular flexibility index (Phi) is 5.17. The first-order valence-corrected chi connectivity index (χ1v) is 7.96. The average molecular weight is 374 g/mol. The van der Waals surface area contributed by atoms with Gasteiger partial charge in [0.1, 0.15) is 6.29 Å². The Morgan fingerprint density at radius 1 is 1.52 bits per heavy atom. The van der Waals surface area contributed by atoms with Crippen LogP contribution in [-0.4, -0.2) is 18.9 Å². The van der Waals surface area contributed by atoms with E-state index in [-0.39, 0.29) is 13.0 Å². The monoisotopic (exact) mass is 373 g/mol. The van der Waals surface area contributed by atoms with Crippen molar-refractivity contribution in [3.8, 4) is 6.07 Å². The number of hydrogen-bond acceptors (Lipinski definition) is 4. The van der Waals surface area contributed by atoms with Crippen LogP contribution in [0.25, 0.3) is 0 Å². The Balaban J connectivity index is 2.62. The molecule has 0 amide bonds. The van der Waals surface area contributed by atoms with Crippen LogP contribution in [0.4, 0.5) is 0 Å². The molecule has 118 valence electrons. The number of aldehydes is 1. The van der Waals surface area contributed by atoms with Crippen LogP contribution in [0.3, 0.4) is 0 Å². The predicted octanol–water partition coefficient (Wildman–Crippen LogP) is 3.69. The van der Waals surface area contributed by atoms with Crippen molar-refractivity contribution in [2.24, 2.45) is 5.41 Å². The van der Waals surface area contributed by atoms with Crippen molar-refractivity contribution in [3.63, 3.8) is 0 Å². The van der Waals surface area contributed by atoms with Gasteiger partial charge in [0.25, 0.3) is 0 Å². The van der Waals surface area contributed by atoms with Gasteiger partial charge in [0, 0.05) is 16.8 Å². The molecule has 0 heterocycles. The summed E-state index contributed by atoms with van der Waals surface area (Å²) < 4.78 is 6.03. The fourth-order valence-corrected chi connectivity index (χ4v) is 3.21. The highest BCUT2D eigenvalue weighted by atomic mass is 79.9. The van der Waals surface area contributed by atoms with E-state index in [9.17, 15) is 14.9 Å². The Bertz CT molecular complexity index is 715. The van der Waals surface area contributed by atoms with Gasteiger partial charge in [-0.3, -0.25) is 9.59 Å². The number of nitriles is 1. The summed E-state index contributed by atoms with van der Waals surface area (Å²) in [5.41, 5.74) is 0.230. The zero-order valence-corrected chi connectivity index (χ0v) is 14.3. The first kappa shape index (κ1) is 17.2. The molecule has 0 saturated heterocycles. The smallest absolute Gasteiger partial charge is 0.327 e. The van der Waals surface area contributed by atoms with E-state index >= 15 is 0 Å². The van der Waals surface area contributed by atoms with Gasteiger partial charge in [-0.25, -0.2) is 0 Å². The molecular weight excluding hydrogens is 358 g/mol. The lowest BCUT2D eigenvalue weighted by molar-refractivity contribution is -0.152. The third-order valence-corrected chi connectivity index (χ3v) is 4.44. The fourth-order valence-electron chi connectivity index (χ4n) is 2.94. The largest absolute Gasteiger partial charge is 0.465 e. The zero-order chi connectivity index (χ0) is 17.0. The lowest BCUT2D eigenvalue weighted by atomic mass is 9.63. The van der Waals surface area contributed by atoms with Crippen LogP contribution in [0.1, 0.15) is 24.8 Å². The molecule has 0 saturated carbocycles. The standard InChI is InChI=1S/C18H16BrNO3/c1-3-23-17(22)18(11-20)9-13(10-21)8-12(2)16(18)14-4-6-15(19)7-5-14/h4-8,10,16H,2-3,9H2,1H3/t16-,18+/m1/s1. The van der Waals surface area contributed by atoms with Gasteiger partial charge in [-0.2, -0.15) is 5.26 Å². The lowest BCUT2D eigenvalue weighted by Gasteiger charge is -2.37. The number of allylic oxidation sites excluding steroid dienone is 3. The normalized spacial score (nSPS) is 23.6. The van der Waals surface area contributed by atoms with E-state index in [0.29, 0.717) is 17.4 Å². The van der Waals surface area contributed by atoms with E-state index in [1.54, 1.807) is 13.0 Å². The number of ether oxygens (including phenoxy) is 1. The zero-order valence-electron chi connectivity index (χ0n) is 12.7. The summed E-state index contributed by atoms with van der Waals surface area (Å²) in [5.74, 6) is -1.17. The maximum Gasteiger partial charge on any atom is 0.327 e. The molecule has 0 radical (unpaired) electrons. The van der Waals surface area contributed by atoms with Crippen LogP contribution in [0.5, 0.6) is 0 Å². The topological polar surface area (TPSA) is 67.2 Å². The Labute approximate surface area is 143 Å². The Morgan fingerprint density at radius 2 is 2.17 bits per heavy atom. The third kappa shape index (κ3) is 3.13. The molecule has 0 bridgehead atoms. The fraction of sp³-hybridized carbons (Fsp3) is 0.278. The summed E-state index contributed by atoms with van der Waals surface area (Å²) in [6, 6.07) is 9.47. The number of carbonyl (C=O) groups is 2. The van der Waals surface area contributed by atoms with Crippen LogP contribution >= 0.6 is 15.9 Å². The van der Waals surface area contributed by atoms with Crippen LogP contribution in [0, 0.1) is 16.7 Å². The van der Waals surface area contributed by atoms with Gasteiger partial charge in [0.15, 0.2) is 5.41 Å². The predicted molar refractivity (Wildman–Crippen MR) is 89.5 cm³/mol. The van der Waals surface area contributed by atoms with Crippen LogP contribution < -0.4 is 0 Å². The number of rotatable bonds is 4. The lowest BCUT2D eigenvalue weighted by Crippen LogP contribution is -2.41. The molecule has 1 aromatic rings. The second-order valence-corrected chi connectivity index (χ2v) is 6.29. The van der Waals surface area contributed by atoms with E-state index in [4.69, 9.17) is 4.74 Å². The molecule has 0 aliphatic heterocycles. The summed E-state index contributed by atoms with van der Waals surface area (Å²) in [6.45, 7) is 5.83. The van der Waals surface area contributed by atoms with E-state index in [1.165, 1.54) is 0 Å².